The molecule has 2 amide bonds. The van der Waals surface area contributed by atoms with Crippen molar-refractivity contribution in [1.82, 2.24) is 9.97 Å². The number of methoxy groups -OCH3 is 2. The molecule has 240 valence electrons. The Balaban J connectivity index is 1.57. The predicted octanol–water partition coefficient (Wildman–Crippen LogP) is 6.31. The number of hydrogen-bond acceptors (Lipinski definition) is 7. The van der Waals surface area contributed by atoms with Gasteiger partial charge in [-0.3, -0.25) is 24.3 Å². The molecule has 0 aliphatic heterocycles. The first-order valence-corrected chi connectivity index (χ1v) is 13.2. The lowest BCUT2D eigenvalue weighted by Gasteiger charge is -2.23. The highest BCUT2D eigenvalue weighted by Gasteiger charge is 2.38. The summed E-state index contributed by atoms with van der Waals surface area (Å²) in [4.78, 5) is 42.4. The van der Waals surface area contributed by atoms with Crippen LogP contribution in [0.1, 0.15) is 12.5 Å². The number of hydrogen-bond donors (Lipinski definition) is 2. The van der Waals surface area contributed by atoms with Gasteiger partial charge in [-0.1, -0.05) is 6.08 Å². The molecule has 2 aromatic carbocycles. The van der Waals surface area contributed by atoms with E-state index in [2.05, 4.69) is 15.3 Å². The molecular weight excluding hydrogens is 619 g/mol. The van der Waals surface area contributed by atoms with Gasteiger partial charge >= 0.3 is 6.18 Å². The Morgan fingerprint density at radius 3 is 2.30 bits per heavy atom. The number of benzene rings is 2. The van der Waals surface area contributed by atoms with E-state index in [4.69, 9.17) is 14.2 Å². The highest BCUT2D eigenvalue weighted by Crippen LogP contribution is 2.39. The van der Waals surface area contributed by atoms with E-state index in [1.54, 1.807) is 0 Å². The normalized spacial score (nSPS) is 12.1. The van der Waals surface area contributed by atoms with E-state index in [1.807, 2.05) is 0 Å². The first kappa shape index (κ1) is 33.2. The summed E-state index contributed by atoms with van der Waals surface area (Å²) >= 11 is 0. The number of aromatic amines is 1. The van der Waals surface area contributed by atoms with Crippen molar-refractivity contribution in [2.75, 3.05) is 24.4 Å². The zero-order valence-electron chi connectivity index (χ0n) is 24.6. The summed E-state index contributed by atoms with van der Waals surface area (Å²) < 4.78 is 87.5. The number of carbonyl (C=O) groups is 2. The number of rotatable bonds is 10. The van der Waals surface area contributed by atoms with Crippen molar-refractivity contribution in [2.45, 2.75) is 20.0 Å². The van der Waals surface area contributed by atoms with Gasteiger partial charge in [0.2, 0.25) is 12.0 Å². The molecule has 0 aliphatic rings. The van der Waals surface area contributed by atoms with Crippen LogP contribution >= 0.6 is 0 Å². The number of fused-ring (bicyclic) bond motifs is 1. The lowest BCUT2D eigenvalue weighted by atomic mass is 10.1. The first-order chi connectivity index (χ1) is 21.8. The minimum atomic E-state index is -5.04. The molecule has 0 saturated carbocycles. The van der Waals surface area contributed by atoms with E-state index in [0.29, 0.717) is 11.8 Å². The van der Waals surface area contributed by atoms with Crippen molar-refractivity contribution in [3.63, 3.8) is 0 Å². The molecule has 46 heavy (non-hydrogen) atoms. The molecule has 2 aromatic heterocycles. The van der Waals surface area contributed by atoms with E-state index >= 15 is 4.39 Å². The van der Waals surface area contributed by atoms with Crippen molar-refractivity contribution in [1.29, 1.82) is 0 Å². The van der Waals surface area contributed by atoms with Gasteiger partial charge in [0.25, 0.3) is 5.91 Å². The summed E-state index contributed by atoms with van der Waals surface area (Å²) in [5, 5.41) is 2.50. The third-order valence-electron chi connectivity index (χ3n) is 6.55. The second kappa shape index (κ2) is 13.5. The van der Waals surface area contributed by atoms with E-state index in [1.165, 1.54) is 46.3 Å². The van der Waals surface area contributed by atoms with Gasteiger partial charge in [-0.05, 0) is 43.7 Å². The molecular formula is C31H25F5N4O6. The van der Waals surface area contributed by atoms with E-state index < -0.39 is 40.7 Å². The fourth-order valence-corrected chi connectivity index (χ4v) is 4.23. The fraction of sp³-hybridized carbons (Fsp3) is 0.161. The summed E-state index contributed by atoms with van der Waals surface area (Å²) in [7, 11) is 2.79. The first-order valence-electron chi connectivity index (χ1n) is 13.2. The molecule has 0 bridgehead atoms. The minimum absolute atomic E-state index is 0.0798. The van der Waals surface area contributed by atoms with Crippen LogP contribution in [0.3, 0.4) is 0 Å². The van der Waals surface area contributed by atoms with Gasteiger partial charge in [-0.15, -0.1) is 0 Å². The minimum Gasteiger partial charge on any atom is -0.493 e. The molecule has 2 N–H and O–H groups in total. The maximum atomic E-state index is 15.0. The number of anilines is 2. The number of halogens is 5. The summed E-state index contributed by atoms with van der Waals surface area (Å²) in [5.41, 5.74) is -2.21. The number of alkyl halides is 3. The number of aryl methyl sites for hydroxylation is 1. The van der Waals surface area contributed by atoms with Crippen LogP contribution in [0.4, 0.5) is 33.3 Å². The van der Waals surface area contributed by atoms with Crippen LogP contribution in [0, 0.1) is 18.6 Å². The molecule has 0 aliphatic carbocycles. The Hall–Kier alpha value is -5.73. The zero-order valence-corrected chi connectivity index (χ0v) is 24.6. The highest BCUT2D eigenvalue weighted by atomic mass is 19.4. The smallest absolute Gasteiger partial charge is 0.431 e. The lowest BCUT2D eigenvalue weighted by Crippen LogP contribution is -2.31. The van der Waals surface area contributed by atoms with Crippen molar-refractivity contribution < 1.29 is 45.8 Å². The van der Waals surface area contributed by atoms with Gasteiger partial charge in [0, 0.05) is 41.0 Å². The molecule has 0 spiro atoms. The molecule has 0 fully saturated rings. The van der Waals surface area contributed by atoms with E-state index in [-0.39, 0.29) is 56.2 Å². The van der Waals surface area contributed by atoms with Crippen LogP contribution in [0.15, 0.2) is 77.0 Å². The quantitative estimate of drug-likeness (QED) is 0.0898. The fourth-order valence-electron chi connectivity index (χ4n) is 4.23. The molecule has 4 aromatic rings. The van der Waals surface area contributed by atoms with E-state index in [9.17, 15) is 31.9 Å². The van der Waals surface area contributed by atoms with Crippen LogP contribution < -0.4 is 30.0 Å². The second-order valence-electron chi connectivity index (χ2n) is 9.60. The Morgan fingerprint density at radius 2 is 1.70 bits per heavy atom. The monoisotopic (exact) mass is 644 g/mol. The molecule has 0 saturated heterocycles. The number of amides is 2. The molecule has 2 heterocycles. The zero-order chi connectivity index (χ0) is 33.8. The SMILES string of the molecule is COc1cc2ncc(F)c(Oc3ccc(NC(=O)/C(C)=C/C=C(\N(C=O)c4c[nH]c(=O)cc4C)C(F)(F)F)cc3F)c2cc1OC. The van der Waals surface area contributed by atoms with Gasteiger partial charge in [0.15, 0.2) is 34.6 Å². The van der Waals surface area contributed by atoms with Gasteiger partial charge < -0.3 is 24.5 Å². The molecule has 15 heteroatoms. The summed E-state index contributed by atoms with van der Waals surface area (Å²) in [6, 6.07) is 7.14. The van der Waals surface area contributed by atoms with Gasteiger partial charge in [0.05, 0.1) is 31.6 Å². The number of allylic oxidation sites excluding steroid dienone is 3. The summed E-state index contributed by atoms with van der Waals surface area (Å²) in [5.74, 6) is -2.97. The van der Waals surface area contributed by atoms with Gasteiger partial charge in [-0.25, -0.2) is 8.78 Å². The van der Waals surface area contributed by atoms with Crippen LogP contribution in [0.25, 0.3) is 10.9 Å². The molecule has 0 radical (unpaired) electrons. The number of aromatic nitrogens is 2. The van der Waals surface area contributed by atoms with Crippen LogP contribution in [-0.2, 0) is 9.59 Å². The van der Waals surface area contributed by atoms with Gasteiger partial charge in [-0.2, -0.15) is 13.2 Å². The summed E-state index contributed by atoms with van der Waals surface area (Å²) in [6.45, 7) is 2.55. The molecule has 0 atom stereocenters. The second-order valence-corrected chi connectivity index (χ2v) is 9.60. The number of H-pyrrole nitrogens is 1. The maximum absolute atomic E-state index is 15.0. The number of pyridine rings is 2. The van der Waals surface area contributed by atoms with Crippen molar-refractivity contribution in [3.05, 3.63) is 99.8 Å². The van der Waals surface area contributed by atoms with Gasteiger partial charge in [0.1, 0.15) is 5.70 Å². The average Bonchev–Trinajstić information content (AvgIpc) is 3.00. The number of nitrogens with one attached hydrogen (secondary N) is 2. The lowest BCUT2D eigenvalue weighted by molar-refractivity contribution is -0.112. The Kier molecular flexibility index (Phi) is 9.73. The number of nitrogens with zero attached hydrogens (tertiary/aromatic N) is 2. The highest BCUT2D eigenvalue weighted by molar-refractivity contribution is 6.03. The Bertz CT molecular complexity index is 1940. The topological polar surface area (TPSA) is 123 Å². The molecule has 4 rings (SSSR count). The standard InChI is InChI=1S/C31H25F5N4O6/c1-16(5-8-27(31(34,35)36)40(15-41)23-14-38-28(42)9-17(23)2)30(43)39-18-6-7-24(20(32)10-18)46-29-19-11-25(44-3)26(45-4)12-22(19)37-13-21(29)33/h5-15H,1-4H3,(H,38,42)(H,39,43)/b16-5+,27-8-. The Morgan fingerprint density at radius 1 is 1.00 bits per heavy atom. The molecule has 0 unspecified atom stereocenters. The predicted molar refractivity (Wildman–Crippen MR) is 158 cm³/mol. The van der Waals surface area contributed by atoms with Crippen molar-refractivity contribution >= 4 is 34.6 Å². The van der Waals surface area contributed by atoms with Crippen molar-refractivity contribution in [3.8, 4) is 23.0 Å². The maximum Gasteiger partial charge on any atom is 0.431 e. The third-order valence-corrected chi connectivity index (χ3v) is 6.55. The van der Waals surface area contributed by atoms with Crippen LogP contribution in [-0.4, -0.2) is 42.7 Å². The number of carbonyl (C=O) groups excluding carboxylic acids is 2. The van der Waals surface area contributed by atoms with Crippen LogP contribution in [0.5, 0.6) is 23.0 Å². The third kappa shape index (κ3) is 7.14. The largest absolute Gasteiger partial charge is 0.493 e. The van der Waals surface area contributed by atoms with Crippen molar-refractivity contribution in [2.24, 2.45) is 0 Å². The van der Waals surface area contributed by atoms with E-state index in [0.717, 1.165) is 36.7 Å². The Labute approximate surface area is 257 Å². The van der Waals surface area contributed by atoms with Crippen LogP contribution in [0.2, 0.25) is 0 Å². The number of ether oxygens (including phenoxy) is 3. The summed E-state index contributed by atoms with van der Waals surface area (Å²) in [6.07, 6.45) is -1.93. The average molecular weight is 645 g/mol. The molecule has 10 nitrogen and oxygen atoms in total.